The van der Waals surface area contributed by atoms with Crippen molar-refractivity contribution in [1.29, 1.82) is 5.41 Å². The van der Waals surface area contributed by atoms with Gasteiger partial charge in [0, 0.05) is 16.0 Å². The second kappa shape index (κ2) is 6.95. The molecule has 5 nitrogen and oxygen atoms in total. The van der Waals surface area contributed by atoms with Gasteiger partial charge in [0.2, 0.25) is 0 Å². The number of hydrogen-bond acceptors (Lipinski definition) is 4. The summed E-state index contributed by atoms with van der Waals surface area (Å²) >= 11 is -0.0920. The number of aromatic hydroxyl groups is 1. The zero-order chi connectivity index (χ0) is 19.1. The molecule has 0 fully saturated rings. The first-order valence-corrected chi connectivity index (χ1v) is 11.2. The van der Waals surface area contributed by atoms with Crippen molar-refractivity contribution in [2.45, 2.75) is 10.7 Å². The summed E-state index contributed by atoms with van der Waals surface area (Å²) in [6.07, 6.45) is 0. The molecule has 0 aliphatic heterocycles. The van der Waals surface area contributed by atoms with Crippen LogP contribution in [0.4, 0.5) is 0 Å². The Kier molecular flexibility index (Phi) is 4.62. The van der Waals surface area contributed by atoms with Gasteiger partial charge in [0.05, 0.1) is 22.5 Å². The standard InChI is InChI=1S/C19H13N2O3S.CH3.Al/c1-25(24)11-8-6-10(7-9-11)17-15-14(19(23)21-17)16(20)12-4-2-3-5-13(12)18(15)22;;/h2-9H,1H2,(H3-,20,21,22,23,24);1H3;/q-1;;+1. The number of rotatable bonds is 4. The number of hydrogen-bond donors (Lipinski definition) is 3. The molecule has 7 heteroatoms. The van der Waals surface area contributed by atoms with E-state index in [2.05, 4.69) is 10.9 Å². The summed E-state index contributed by atoms with van der Waals surface area (Å²) in [5.74, 6) is 5.67. The fraction of sp³-hybridized carbons (Fsp3) is 0.0500. The van der Waals surface area contributed by atoms with Gasteiger partial charge in [-0.25, -0.2) is 0 Å². The summed E-state index contributed by atoms with van der Waals surface area (Å²) in [6, 6.07) is 14.6. The number of carbonyl (C=O) groups is 1. The number of aromatic nitrogens is 1. The molecule has 133 valence electrons. The maximum absolute atomic E-state index is 13.1. The Morgan fingerprint density at radius 2 is 1.78 bits per heavy atom. The Bertz CT molecular complexity index is 1100. The highest BCUT2D eigenvalue weighted by Crippen LogP contribution is 2.39. The van der Waals surface area contributed by atoms with Gasteiger partial charge in [0.1, 0.15) is 0 Å². The van der Waals surface area contributed by atoms with Crippen LogP contribution >= 0.6 is 10.8 Å². The molecule has 0 saturated carbocycles. The van der Waals surface area contributed by atoms with Crippen molar-refractivity contribution >= 4 is 43.7 Å². The van der Waals surface area contributed by atoms with Crippen LogP contribution in [0.3, 0.4) is 0 Å². The normalized spacial score (nSPS) is 13.8. The molecule has 4 rings (SSSR count). The summed E-state index contributed by atoms with van der Waals surface area (Å²) in [6.45, 7) is 0. The van der Waals surface area contributed by atoms with E-state index in [1.807, 2.05) is 30.1 Å². The third kappa shape index (κ3) is 2.89. The molecule has 1 atom stereocenters. The maximum atomic E-state index is 13.1. The highest BCUT2D eigenvalue weighted by Gasteiger charge is 2.34. The van der Waals surface area contributed by atoms with Crippen LogP contribution in [-0.4, -0.2) is 43.0 Å². The van der Waals surface area contributed by atoms with E-state index in [-0.39, 0.29) is 38.5 Å². The lowest BCUT2D eigenvalue weighted by Crippen LogP contribution is -2.19. The third-order valence-corrected chi connectivity index (χ3v) is 7.01. The molecule has 1 heterocycles. The Morgan fingerprint density at radius 1 is 1.11 bits per heavy atom. The fourth-order valence-corrected chi connectivity index (χ4v) is 5.10. The van der Waals surface area contributed by atoms with Gasteiger partial charge < -0.3 is 13.3 Å². The van der Waals surface area contributed by atoms with E-state index in [1.54, 1.807) is 24.3 Å². The Balaban J connectivity index is 1.82. The predicted octanol–water partition coefficient (Wildman–Crippen LogP) is 4.01. The first-order valence-electron chi connectivity index (χ1n) is 8.30. The third-order valence-electron chi connectivity index (χ3n) is 4.52. The lowest BCUT2D eigenvalue weighted by Gasteiger charge is -2.17. The smallest absolute Gasteiger partial charge is 0.440 e. The van der Waals surface area contributed by atoms with Crippen LogP contribution in [0.1, 0.15) is 27.0 Å². The van der Waals surface area contributed by atoms with Crippen LogP contribution in [-0.2, 0) is 3.23 Å². The van der Waals surface area contributed by atoms with Crippen molar-refractivity contribution in [3.8, 4) is 17.1 Å². The summed E-state index contributed by atoms with van der Waals surface area (Å²) in [7, 11) is -0.511. The van der Waals surface area contributed by atoms with E-state index in [0.717, 1.165) is 10.5 Å². The van der Waals surface area contributed by atoms with Gasteiger partial charge in [-0.1, -0.05) is 52.9 Å². The van der Waals surface area contributed by atoms with E-state index >= 15 is 0 Å². The second-order valence-corrected chi connectivity index (χ2v) is 8.45. The Hall–Kier alpha value is -2.43. The van der Waals surface area contributed by atoms with Gasteiger partial charge in [0.25, 0.3) is 0 Å². The van der Waals surface area contributed by atoms with Crippen LogP contribution in [0.25, 0.3) is 11.3 Å². The van der Waals surface area contributed by atoms with Crippen LogP contribution in [0, 0.1) is 5.41 Å². The number of nitrogens with one attached hydrogen (secondary N) is 2. The minimum Gasteiger partial charge on any atom is -0.494 e. The van der Waals surface area contributed by atoms with Crippen molar-refractivity contribution < 1.29 is 13.1 Å². The first-order chi connectivity index (χ1) is 13.0. The fourth-order valence-electron chi connectivity index (χ4n) is 3.29. The topological polar surface area (TPSA) is 86.2 Å². The molecule has 0 bridgehead atoms. The molecule has 1 aliphatic carbocycles. The highest BCUT2D eigenvalue weighted by molar-refractivity contribution is 8.10. The number of fused-ring (bicyclic) bond motifs is 2. The number of aromatic amines is 1. The molecule has 1 radical (unpaired) electrons. The molecule has 3 aromatic rings. The van der Waals surface area contributed by atoms with Gasteiger partial charge in [-0.2, -0.15) is 0 Å². The molecule has 1 aliphatic rings. The SMILES string of the molecule is C=S([O][Al][CH3])c1ccc(-c2[nH]c(O)c3c2C(=O)c2ccccc2C3=N)cc1. The van der Waals surface area contributed by atoms with Crippen LogP contribution in [0.2, 0.25) is 5.79 Å². The van der Waals surface area contributed by atoms with Crippen LogP contribution in [0.5, 0.6) is 5.88 Å². The van der Waals surface area contributed by atoms with E-state index in [1.165, 1.54) is 0 Å². The molecular formula is C20H16AlN2O3S. The van der Waals surface area contributed by atoms with Crippen LogP contribution < -0.4 is 0 Å². The van der Waals surface area contributed by atoms with Crippen molar-refractivity contribution in [3.05, 3.63) is 70.8 Å². The molecule has 0 spiro atoms. The summed E-state index contributed by atoms with van der Waals surface area (Å²) < 4.78 is 5.61. The lowest BCUT2D eigenvalue weighted by molar-refractivity contribution is 0.103. The van der Waals surface area contributed by atoms with E-state index < -0.39 is 10.8 Å². The van der Waals surface area contributed by atoms with Crippen molar-refractivity contribution in [2.24, 2.45) is 0 Å². The number of H-pyrrole nitrogens is 1. The van der Waals surface area contributed by atoms with Gasteiger partial charge in [-0.05, 0) is 23.6 Å². The van der Waals surface area contributed by atoms with Crippen molar-refractivity contribution in [3.63, 3.8) is 0 Å². The largest absolute Gasteiger partial charge is 0.494 e. The molecule has 1 unspecified atom stereocenters. The molecule has 0 amide bonds. The van der Waals surface area contributed by atoms with Gasteiger partial charge >= 0.3 is 15.6 Å². The minimum atomic E-state index is -0.511. The van der Waals surface area contributed by atoms with Crippen molar-refractivity contribution in [2.75, 3.05) is 0 Å². The molecule has 27 heavy (non-hydrogen) atoms. The summed E-state index contributed by atoms with van der Waals surface area (Å²) in [5, 5.41) is 18.8. The number of carbonyl (C=O) groups excluding carboxylic acids is 1. The second-order valence-electron chi connectivity index (χ2n) is 6.05. The average Bonchev–Trinajstić information content (AvgIpc) is 3.04. The molecule has 1 aromatic heterocycles. The monoisotopic (exact) mass is 391 g/mol. The van der Waals surface area contributed by atoms with E-state index in [4.69, 9.17) is 8.64 Å². The zero-order valence-corrected chi connectivity index (χ0v) is 16.5. The average molecular weight is 391 g/mol. The quantitative estimate of drug-likeness (QED) is 0.363. The molecule has 3 N–H and O–H groups in total. The van der Waals surface area contributed by atoms with E-state index in [0.29, 0.717) is 22.4 Å². The molecule has 2 aromatic carbocycles. The van der Waals surface area contributed by atoms with Gasteiger partial charge in [-0.3, -0.25) is 10.2 Å². The molecular weight excluding hydrogens is 375 g/mol. The number of benzene rings is 2. The summed E-state index contributed by atoms with van der Waals surface area (Å²) in [5.41, 5.74) is 3.04. The van der Waals surface area contributed by atoms with Gasteiger partial charge in [0.15, 0.2) is 11.7 Å². The van der Waals surface area contributed by atoms with Crippen LogP contribution in [0.15, 0.2) is 53.4 Å². The summed E-state index contributed by atoms with van der Waals surface area (Å²) in [4.78, 5) is 16.9. The highest BCUT2D eigenvalue weighted by atomic mass is 32.2. The van der Waals surface area contributed by atoms with Gasteiger partial charge in [-0.15, -0.1) is 0 Å². The predicted molar refractivity (Wildman–Crippen MR) is 109 cm³/mol. The Labute approximate surface area is 165 Å². The number of ketones is 1. The Morgan fingerprint density at radius 3 is 2.44 bits per heavy atom. The maximum Gasteiger partial charge on any atom is 0.440 e. The minimum absolute atomic E-state index is 0.0920. The first kappa shape index (κ1) is 18.0. The lowest BCUT2D eigenvalue weighted by atomic mass is 9.84. The van der Waals surface area contributed by atoms with Crippen molar-refractivity contribution in [1.82, 2.24) is 4.98 Å². The van der Waals surface area contributed by atoms with E-state index in [9.17, 15) is 9.90 Å². The molecule has 0 saturated heterocycles. The zero-order valence-electron chi connectivity index (χ0n) is 14.6.